The molecule has 0 aromatic carbocycles. The van der Waals surface area contributed by atoms with Gasteiger partial charge in [0.05, 0.1) is 0 Å². The Balaban J connectivity index is 1.89. The van der Waals surface area contributed by atoms with Crippen LogP contribution in [0.2, 0.25) is 0 Å². The molecule has 82 valence electrons. The molecular formula is C13H25N. The van der Waals surface area contributed by atoms with E-state index in [1.165, 1.54) is 44.9 Å². The first-order valence-electron chi connectivity index (χ1n) is 6.50. The maximum absolute atomic E-state index is 3.59. The summed E-state index contributed by atoms with van der Waals surface area (Å²) in [5, 5.41) is 3.59. The van der Waals surface area contributed by atoms with Crippen LogP contribution in [0.3, 0.4) is 0 Å². The second-order valence-corrected chi connectivity index (χ2v) is 5.44. The topological polar surface area (TPSA) is 12.0 Å². The van der Waals surface area contributed by atoms with Crippen molar-refractivity contribution in [2.45, 2.75) is 57.9 Å². The fourth-order valence-corrected chi connectivity index (χ4v) is 3.32. The second kappa shape index (κ2) is 4.65. The lowest BCUT2D eigenvalue weighted by molar-refractivity contribution is 0.298. The molecule has 1 heteroatoms. The first kappa shape index (κ1) is 10.5. The van der Waals surface area contributed by atoms with Crippen molar-refractivity contribution in [3.05, 3.63) is 0 Å². The van der Waals surface area contributed by atoms with Gasteiger partial charge in [0.1, 0.15) is 0 Å². The van der Waals surface area contributed by atoms with Crippen molar-refractivity contribution in [2.75, 3.05) is 7.05 Å². The maximum Gasteiger partial charge on any atom is 0.0123 e. The Morgan fingerprint density at radius 1 is 1.07 bits per heavy atom. The molecular weight excluding hydrogens is 170 g/mol. The van der Waals surface area contributed by atoms with Gasteiger partial charge in [0.2, 0.25) is 0 Å². The fraction of sp³-hybridized carbons (Fsp3) is 1.00. The minimum Gasteiger partial charge on any atom is -0.316 e. The second-order valence-electron chi connectivity index (χ2n) is 5.44. The number of hydrogen-bond acceptors (Lipinski definition) is 1. The standard InChI is InChI=1S/C13H25N/c1-10-9-12(10)13(14-2)11-7-5-3-4-6-8-11/h10-14H,3-9H2,1-2H3. The minimum atomic E-state index is 0.836. The molecule has 0 bridgehead atoms. The average Bonchev–Trinajstić information content (AvgIpc) is 2.93. The van der Waals surface area contributed by atoms with Crippen molar-refractivity contribution in [3.63, 3.8) is 0 Å². The van der Waals surface area contributed by atoms with Gasteiger partial charge < -0.3 is 5.32 Å². The minimum absolute atomic E-state index is 0.836. The van der Waals surface area contributed by atoms with Crippen molar-refractivity contribution in [3.8, 4) is 0 Å². The quantitative estimate of drug-likeness (QED) is 0.682. The molecule has 2 saturated carbocycles. The molecule has 0 aromatic rings. The summed E-state index contributed by atoms with van der Waals surface area (Å²) in [5.41, 5.74) is 0. The number of hydrogen-bond donors (Lipinski definition) is 1. The van der Waals surface area contributed by atoms with Crippen molar-refractivity contribution in [1.29, 1.82) is 0 Å². The molecule has 1 N–H and O–H groups in total. The summed E-state index contributed by atoms with van der Waals surface area (Å²) in [7, 11) is 2.17. The van der Waals surface area contributed by atoms with E-state index in [4.69, 9.17) is 0 Å². The van der Waals surface area contributed by atoms with Gasteiger partial charge in [0, 0.05) is 6.04 Å². The Hall–Kier alpha value is -0.0400. The Morgan fingerprint density at radius 2 is 1.64 bits per heavy atom. The molecule has 0 amide bonds. The van der Waals surface area contributed by atoms with Crippen LogP contribution in [0.4, 0.5) is 0 Å². The summed E-state index contributed by atoms with van der Waals surface area (Å²) >= 11 is 0. The van der Waals surface area contributed by atoms with Gasteiger partial charge in [-0.25, -0.2) is 0 Å². The van der Waals surface area contributed by atoms with E-state index in [1.54, 1.807) is 0 Å². The van der Waals surface area contributed by atoms with Crippen LogP contribution in [0.1, 0.15) is 51.9 Å². The lowest BCUT2D eigenvalue weighted by Gasteiger charge is -2.26. The van der Waals surface area contributed by atoms with Crippen molar-refractivity contribution in [2.24, 2.45) is 17.8 Å². The fourth-order valence-electron chi connectivity index (χ4n) is 3.32. The molecule has 0 heterocycles. The first-order chi connectivity index (χ1) is 6.83. The van der Waals surface area contributed by atoms with Gasteiger partial charge in [-0.15, -0.1) is 0 Å². The zero-order valence-electron chi connectivity index (χ0n) is 9.76. The molecule has 3 atom stereocenters. The van der Waals surface area contributed by atoms with Crippen LogP contribution in [-0.2, 0) is 0 Å². The van der Waals surface area contributed by atoms with Crippen molar-refractivity contribution >= 4 is 0 Å². The van der Waals surface area contributed by atoms with Crippen LogP contribution in [-0.4, -0.2) is 13.1 Å². The van der Waals surface area contributed by atoms with Gasteiger partial charge in [-0.2, -0.15) is 0 Å². The van der Waals surface area contributed by atoms with E-state index in [-0.39, 0.29) is 0 Å². The lowest BCUT2D eigenvalue weighted by Crippen LogP contribution is -2.35. The van der Waals surface area contributed by atoms with E-state index in [2.05, 4.69) is 19.3 Å². The predicted octanol–water partition coefficient (Wildman–Crippen LogP) is 3.20. The molecule has 0 radical (unpaired) electrons. The van der Waals surface area contributed by atoms with Gasteiger partial charge in [-0.05, 0) is 44.1 Å². The highest BCUT2D eigenvalue weighted by molar-refractivity contribution is 4.95. The highest BCUT2D eigenvalue weighted by Crippen LogP contribution is 2.44. The van der Waals surface area contributed by atoms with E-state index in [1.807, 2.05) is 0 Å². The van der Waals surface area contributed by atoms with E-state index in [9.17, 15) is 0 Å². The maximum atomic E-state index is 3.59. The molecule has 2 aliphatic carbocycles. The summed E-state index contributed by atoms with van der Waals surface area (Å²) in [4.78, 5) is 0. The molecule has 0 saturated heterocycles. The van der Waals surface area contributed by atoms with Crippen molar-refractivity contribution in [1.82, 2.24) is 5.32 Å². The SMILES string of the molecule is CNC(C1CCCCCC1)C1CC1C. The van der Waals surface area contributed by atoms with Crippen LogP contribution in [0.15, 0.2) is 0 Å². The summed E-state index contributed by atoms with van der Waals surface area (Å²) < 4.78 is 0. The third kappa shape index (κ3) is 2.31. The molecule has 2 rings (SSSR count). The van der Waals surface area contributed by atoms with Crippen LogP contribution >= 0.6 is 0 Å². The molecule has 0 aliphatic heterocycles. The summed E-state index contributed by atoms with van der Waals surface area (Å²) in [6.07, 6.45) is 10.3. The van der Waals surface area contributed by atoms with E-state index in [0.29, 0.717) is 0 Å². The van der Waals surface area contributed by atoms with Crippen molar-refractivity contribution < 1.29 is 0 Å². The van der Waals surface area contributed by atoms with Crippen LogP contribution in [0.25, 0.3) is 0 Å². The largest absolute Gasteiger partial charge is 0.316 e. The number of rotatable bonds is 3. The molecule has 0 aromatic heterocycles. The lowest BCUT2D eigenvalue weighted by atomic mass is 9.88. The Bertz CT molecular complexity index is 170. The van der Waals surface area contributed by atoms with Gasteiger partial charge in [-0.1, -0.05) is 32.6 Å². The molecule has 0 spiro atoms. The zero-order chi connectivity index (χ0) is 9.97. The Morgan fingerprint density at radius 3 is 2.07 bits per heavy atom. The normalized spacial score (nSPS) is 36.4. The van der Waals surface area contributed by atoms with Gasteiger partial charge in [0.25, 0.3) is 0 Å². The molecule has 14 heavy (non-hydrogen) atoms. The molecule has 1 nitrogen and oxygen atoms in total. The smallest absolute Gasteiger partial charge is 0.0123 e. The molecule has 3 unspecified atom stereocenters. The van der Waals surface area contributed by atoms with E-state index >= 15 is 0 Å². The predicted molar refractivity (Wildman–Crippen MR) is 61.3 cm³/mol. The molecule has 2 fully saturated rings. The third-order valence-corrected chi connectivity index (χ3v) is 4.37. The zero-order valence-corrected chi connectivity index (χ0v) is 9.76. The average molecular weight is 195 g/mol. The summed E-state index contributed by atoms with van der Waals surface area (Å²) in [6, 6.07) is 0.836. The summed E-state index contributed by atoms with van der Waals surface area (Å²) in [5.74, 6) is 2.98. The highest BCUT2D eigenvalue weighted by Gasteiger charge is 2.41. The Kier molecular flexibility index (Phi) is 3.48. The van der Waals surface area contributed by atoms with Crippen LogP contribution < -0.4 is 5.32 Å². The monoisotopic (exact) mass is 195 g/mol. The van der Waals surface area contributed by atoms with Gasteiger partial charge in [-0.3, -0.25) is 0 Å². The van der Waals surface area contributed by atoms with Gasteiger partial charge >= 0.3 is 0 Å². The Labute approximate surface area is 88.7 Å². The van der Waals surface area contributed by atoms with Gasteiger partial charge in [0.15, 0.2) is 0 Å². The number of nitrogens with one attached hydrogen (secondary N) is 1. The van der Waals surface area contributed by atoms with E-state index in [0.717, 1.165) is 23.8 Å². The highest BCUT2D eigenvalue weighted by atomic mass is 14.9. The van der Waals surface area contributed by atoms with Crippen LogP contribution in [0.5, 0.6) is 0 Å². The summed E-state index contributed by atoms with van der Waals surface area (Å²) in [6.45, 7) is 2.41. The van der Waals surface area contributed by atoms with Crippen LogP contribution in [0, 0.1) is 17.8 Å². The first-order valence-corrected chi connectivity index (χ1v) is 6.50. The molecule has 2 aliphatic rings. The van der Waals surface area contributed by atoms with E-state index < -0.39 is 0 Å². The third-order valence-electron chi connectivity index (χ3n) is 4.37.